The standard InChI is InChI=1S/C16H14.C9H7.C2H4.CH3NO.Ti/c1-13(15-9-5-3-6-10-15)14(2)16-11-7-4-8-12-16;1-2-5-9-7-3-6-8(9)4-1;1-2;2-1-3;/h3-12H,1-2H2;1-7H;1-2H2;1H,(H2,2,3);/q;;;;+1/p-1. The zero-order chi connectivity index (χ0) is 21.7. The van der Waals surface area contributed by atoms with Gasteiger partial charge in [-0.3, -0.25) is 0 Å². The number of carbonyl (C=O) groups excluding carboxylic acids is 1. The summed E-state index contributed by atoms with van der Waals surface area (Å²) in [6, 6.07) is 28.8. The van der Waals surface area contributed by atoms with Gasteiger partial charge in [-0.25, -0.2) is 0 Å². The second-order valence-corrected chi connectivity index (χ2v) is 14.7. The van der Waals surface area contributed by atoms with Crippen LogP contribution in [0.4, 0.5) is 0 Å². The zero-order valence-electron chi connectivity index (χ0n) is 17.6. The van der Waals surface area contributed by atoms with Crippen molar-refractivity contribution in [1.82, 2.24) is 3.80 Å². The number of allylic oxidation sites excluding steroid dienone is 3. The molecule has 0 radical (unpaired) electrons. The third-order valence-electron chi connectivity index (χ3n) is 6.14. The summed E-state index contributed by atoms with van der Waals surface area (Å²) in [5.41, 5.74) is 6.97. The predicted molar refractivity (Wildman–Crippen MR) is 128 cm³/mol. The van der Waals surface area contributed by atoms with Gasteiger partial charge in [0.1, 0.15) is 0 Å². The van der Waals surface area contributed by atoms with Gasteiger partial charge in [-0.15, -0.1) is 0 Å². The summed E-state index contributed by atoms with van der Waals surface area (Å²) in [5, 5.41) is 0. The summed E-state index contributed by atoms with van der Waals surface area (Å²) in [6.45, 7) is 8.20. The van der Waals surface area contributed by atoms with E-state index < -0.39 is 16.8 Å². The van der Waals surface area contributed by atoms with Gasteiger partial charge in [-0.2, -0.15) is 0 Å². The molecule has 1 atom stereocenters. The SMILES string of the molecule is C=C(C(=C)c1ccccc1)c1ccccc1.O=C[NH][Ti]1([CH]2C=Cc3ccccc32)[CH2][CH2]1. The average Bonchev–Trinajstić information content (AvgIpc) is 3.48. The molecular formula is C28H27NOTi. The van der Waals surface area contributed by atoms with Gasteiger partial charge >= 0.3 is 93.1 Å². The van der Waals surface area contributed by atoms with Crippen molar-refractivity contribution in [3.63, 3.8) is 0 Å². The number of carbonyl (C=O) groups is 1. The molecule has 3 aromatic carbocycles. The first-order valence-corrected chi connectivity index (χ1v) is 14.5. The molecule has 31 heavy (non-hydrogen) atoms. The molecule has 5 rings (SSSR count). The first-order chi connectivity index (χ1) is 15.1. The topological polar surface area (TPSA) is 29.1 Å². The minimum absolute atomic E-state index is 0.561. The number of hydrogen-bond acceptors (Lipinski definition) is 1. The van der Waals surface area contributed by atoms with Crippen LogP contribution in [0.15, 0.2) is 104 Å². The summed E-state index contributed by atoms with van der Waals surface area (Å²) in [5.74, 6) is 0. The van der Waals surface area contributed by atoms with Gasteiger partial charge in [-0.05, 0) is 22.3 Å². The molecule has 1 N–H and O–H groups in total. The van der Waals surface area contributed by atoms with Crippen LogP contribution in [0.5, 0.6) is 0 Å². The Kier molecular flexibility index (Phi) is 6.51. The van der Waals surface area contributed by atoms with Crippen LogP contribution in [-0.2, 0) is 21.6 Å². The molecule has 1 heterocycles. The molecule has 2 nitrogen and oxygen atoms in total. The summed E-state index contributed by atoms with van der Waals surface area (Å²) in [7, 11) is 0. The zero-order valence-corrected chi connectivity index (χ0v) is 19.2. The Labute approximate surface area is 188 Å². The molecule has 1 aliphatic heterocycles. The minimum atomic E-state index is -2.00. The van der Waals surface area contributed by atoms with E-state index in [0.29, 0.717) is 4.22 Å². The predicted octanol–water partition coefficient (Wildman–Crippen LogP) is 6.83. The van der Waals surface area contributed by atoms with E-state index >= 15 is 0 Å². The molecule has 0 aromatic heterocycles. The van der Waals surface area contributed by atoms with Gasteiger partial charge in [0.25, 0.3) is 0 Å². The van der Waals surface area contributed by atoms with Crippen LogP contribution in [0.1, 0.15) is 26.5 Å². The molecule has 0 spiro atoms. The number of amides is 1. The van der Waals surface area contributed by atoms with Crippen LogP contribution >= 0.6 is 0 Å². The number of hydrogen-bond donors (Lipinski definition) is 1. The molecule has 0 bridgehead atoms. The van der Waals surface area contributed by atoms with E-state index in [-0.39, 0.29) is 0 Å². The summed E-state index contributed by atoms with van der Waals surface area (Å²) >= 11 is -2.00. The van der Waals surface area contributed by atoms with Crippen LogP contribution in [0.2, 0.25) is 9.45 Å². The number of benzene rings is 3. The van der Waals surface area contributed by atoms with E-state index in [9.17, 15) is 4.79 Å². The Morgan fingerprint density at radius 3 is 1.84 bits per heavy atom. The maximum atomic E-state index is 10.6. The molecule has 1 saturated heterocycles. The summed E-state index contributed by atoms with van der Waals surface area (Å²) < 4.78 is 6.29. The van der Waals surface area contributed by atoms with Crippen LogP contribution in [-0.4, -0.2) is 6.41 Å². The van der Waals surface area contributed by atoms with Crippen molar-refractivity contribution in [3.8, 4) is 0 Å². The molecule has 1 fully saturated rings. The summed E-state index contributed by atoms with van der Waals surface area (Å²) in [6.07, 6.45) is 5.42. The Morgan fingerprint density at radius 2 is 1.32 bits per heavy atom. The van der Waals surface area contributed by atoms with Crippen molar-refractivity contribution in [2.45, 2.75) is 13.7 Å². The Balaban J connectivity index is 0.000000149. The number of rotatable bonds is 6. The second kappa shape index (κ2) is 9.47. The molecule has 2 aliphatic rings. The molecule has 0 saturated carbocycles. The van der Waals surface area contributed by atoms with E-state index in [1.165, 1.54) is 20.6 Å². The third kappa shape index (κ3) is 4.71. The Bertz CT molecular complexity index is 1060. The van der Waals surface area contributed by atoms with E-state index in [0.717, 1.165) is 28.7 Å². The fourth-order valence-corrected chi connectivity index (χ4v) is 10.4. The van der Waals surface area contributed by atoms with Gasteiger partial charge in [0.15, 0.2) is 0 Å². The normalized spacial score (nSPS) is 17.0. The fraction of sp³-hybridized carbons (Fsp3) is 0.107. The first kappa shape index (κ1) is 21.3. The summed E-state index contributed by atoms with van der Waals surface area (Å²) in [4.78, 5) is 10.6. The van der Waals surface area contributed by atoms with Crippen molar-refractivity contribution in [3.05, 3.63) is 126 Å². The van der Waals surface area contributed by atoms with Crippen LogP contribution in [0.3, 0.4) is 0 Å². The van der Waals surface area contributed by atoms with Gasteiger partial charge in [0.2, 0.25) is 0 Å². The van der Waals surface area contributed by atoms with Gasteiger partial charge in [0.05, 0.1) is 0 Å². The molecule has 154 valence electrons. The van der Waals surface area contributed by atoms with Crippen molar-refractivity contribution < 1.29 is 21.6 Å². The number of fused-ring (bicyclic) bond motifs is 1. The molecule has 1 unspecified atom stereocenters. The maximum absolute atomic E-state index is 10.6. The van der Waals surface area contributed by atoms with Crippen LogP contribution < -0.4 is 3.80 Å². The Hall–Kier alpha value is -2.94. The first-order valence-electron chi connectivity index (χ1n) is 10.6. The van der Waals surface area contributed by atoms with Crippen LogP contribution in [0.25, 0.3) is 17.2 Å². The monoisotopic (exact) mass is 441 g/mol. The van der Waals surface area contributed by atoms with Crippen molar-refractivity contribution in [2.75, 3.05) is 0 Å². The van der Waals surface area contributed by atoms with E-state index in [1.807, 2.05) is 36.4 Å². The number of nitrogens with one attached hydrogen (secondary N) is 1. The fourth-order valence-electron chi connectivity index (χ4n) is 4.16. The van der Waals surface area contributed by atoms with E-state index in [1.54, 1.807) is 0 Å². The van der Waals surface area contributed by atoms with Gasteiger partial charge in [0, 0.05) is 0 Å². The van der Waals surface area contributed by atoms with Crippen molar-refractivity contribution in [1.29, 1.82) is 0 Å². The second-order valence-electron chi connectivity index (χ2n) is 8.07. The molecular weight excluding hydrogens is 414 g/mol. The molecule has 1 aliphatic carbocycles. The molecule has 1 amide bonds. The third-order valence-corrected chi connectivity index (χ3v) is 12.3. The quantitative estimate of drug-likeness (QED) is 0.254. The van der Waals surface area contributed by atoms with Crippen LogP contribution in [0, 0.1) is 0 Å². The van der Waals surface area contributed by atoms with Crippen molar-refractivity contribution in [2.24, 2.45) is 0 Å². The average molecular weight is 441 g/mol. The van der Waals surface area contributed by atoms with Gasteiger partial charge in [-0.1, -0.05) is 73.8 Å². The van der Waals surface area contributed by atoms with E-state index in [4.69, 9.17) is 0 Å². The Morgan fingerprint density at radius 1 is 0.806 bits per heavy atom. The van der Waals surface area contributed by atoms with Gasteiger partial charge < -0.3 is 0 Å². The van der Waals surface area contributed by atoms with E-state index in [2.05, 4.69) is 77.6 Å². The van der Waals surface area contributed by atoms with Crippen molar-refractivity contribution >= 4 is 23.6 Å². The molecule has 3 aromatic rings. The molecule has 3 heteroatoms.